The van der Waals surface area contributed by atoms with Crippen LogP contribution in [-0.2, 0) is 4.74 Å². The fraction of sp³-hybridized carbons (Fsp3) is 0.353. The molecule has 3 rings (SSSR count). The van der Waals surface area contributed by atoms with Crippen LogP contribution in [0.4, 0.5) is 11.6 Å². The van der Waals surface area contributed by atoms with E-state index in [2.05, 4.69) is 20.2 Å². The maximum atomic E-state index is 12.5. The third kappa shape index (κ3) is 4.16. The second-order valence-electron chi connectivity index (χ2n) is 5.42. The number of anilines is 2. The van der Waals surface area contributed by atoms with Crippen LogP contribution in [0.15, 0.2) is 30.6 Å². The van der Waals surface area contributed by atoms with Crippen molar-refractivity contribution < 1.29 is 19.0 Å². The molecule has 1 fully saturated rings. The van der Waals surface area contributed by atoms with Crippen LogP contribution >= 0.6 is 0 Å². The van der Waals surface area contributed by atoms with E-state index in [0.717, 1.165) is 18.9 Å². The van der Waals surface area contributed by atoms with E-state index in [-0.39, 0.29) is 5.91 Å². The highest BCUT2D eigenvalue weighted by Crippen LogP contribution is 2.23. The number of nitrogens with zero attached hydrogens (tertiary/aromatic N) is 3. The lowest BCUT2D eigenvalue weighted by molar-refractivity contribution is 0.102. The molecule has 1 N–H and O–H groups in total. The van der Waals surface area contributed by atoms with E-state index in [1.807, 2.05) is 0 Å². The monoisotopic (exact) mass is 344 g/mol. The van der Waals surface area contributed by atoms with Gasteiger partial charge in [0.05, 0.1) is 27.4 Å². The number of ether oxygens (including phenoxy) is 3. The van der Waals surface area contributed by atoms with E-state index in [9.17, 15) is 4.79 Å². The van der Waals surface area contributed by atoms with Gasteiger partial charge in [0, 0.05) is 30.8 Å². The number of methoxy groups -OCH3 is 2. The zero-order chi connectivity index (χ0) is 17.6. The summed E-state index contributed by atoms with van der Waals surface area (Å²) < 4.78 is 15.7. The molecule has 1 amide bonds. The first-order chi connectivity index (χ1) is 12.2. The molecule has 1 aliphatic rings. The Kier molecular flexibility index (Phi) is 5.30. The van der Waals surface area contributed by atoms with Gasteiger partial charge in [-0.05, 0) is 12.1 Å². The lowest BCUT2D eigenvalue weighted by Gasteiger charge is -2.27. The molecule has 8 nitrogen and oxygen atoms in total. The van der Waals surface area contributed by atoms with Crippen molar-refractivity contribution in [3.63, 3.8) is 0 Å². The summed E-state index contributed by atoms with van der Waals surface area (Å²) in [6.07, 6.45) is 1.44. The second-order valence-corrected chi connectivity index (χ2v) is 5.42. The Morgan fingerprint density at radius 2 is 1.76 bits per heavy atom. The van der Waals surface area contributed by atoms with Gasteiger partial charge in [-0.1, -0.05) is 0 Å². The van der Waals surface area contributed by atoms with Gasteiger partial charge < -0.3 is 24.4 Å². The highest BCUT2D eigenvalue weighted by Gasteiger charge is 2.15. The average Bonchev–Trinajstić information content (AvgIpc) is 2.68. The minimum Gasteiger partial charge on any atom is -0.497 e. The van der Waals surface area contributed by atoms with Crippen molar-refractivity contribution in [2.24, 2.45) is 0 Å². The number of morpholine rings is 1. The molecular weight excluding hydrogens is 324 g/mol. The molecule has 132 valence electrons. The van der Waals surface area contributed by atoms with Crippen LogP contribution in [0.5, 0.6) is 11.5 Å². The summed E-state index contributed by atoms with van der Waals surface area (Å²) in [6.45, 7) is 2.85. The van der Waals surface area contributed by atoms with Crippen LogP contribution in [0.1, 0.15) is 10.4 Å². The topological polar surface area (TPSA) is 85.8 Å². The molecule has 1 aliphatic heterocycles. The van der Waals surface area contributed by atoms with Gasteiger partial charge in [-0.25, -0.2) is 9.97 Å². The molecule has 25 heavy (non-hydrogen) atoms. The van der Waals surface area contributed by atoms with E-state index >= 15 is 0 Å². The van der Waals surface area contributed by atoms with Crippen LogP contribution in [0, 0.1) is 0 Å². The summed E-state index contributed by atoms with van der Waals surface area (Å²) in [5.41, 5.74) is 0.419. The first-order valence-electron chi connectivity index (χ1n) is 7.89. The van der Waals surface area contributed by atoms with Crippen molar-refractivity contribution in [1.82, 2.24) is 9.97 Å². The van der Waals surface area contributed by atoms with E-state index in [4.69, 9.17) is 14.2 Å². The Morgan fingerprint density at radius 3 is 2.40 bits per heavy atom. The number of amides is 1. The zero-order valence-electron chi connectivity index (χ0n) is 14.2. The van der Waals surface area contributed by atoms with E-state index in [1.165, 1.54) is 20.5 Å². The van der Waals surface area contributed by atoms with Crippen molar-refractivity contribution in [2.75, 3.05) is 50.7 Å². The highest BCUT2D eigenvalue weighted by atomic mass is 16.5. The maximum absolute atomic E-state index is 12.5. The van der Waals surface area contributed by atoms with Gasteiger partial charge in [0.15, 0.2) is 0 Å². The number of carbonyl (C=O) groups excluding carboxylic acids is 1. The Bertz CT molecular complexity index is 725. The molecule has 0 unspecified atom stereocenters. The standard InChI is InChI=1S/C17H20N4O4/c1-23-13-7-12(8-14(9-13)24-2)17(22)20-15-10-16(19-11-18-15)21-3-5-25-6-4-21/h7-11H,3-6H2,1-2H3,(H,18,19,20,22). The smallest absolute Gasteiger partial charge is 0.257 e. The fourth-order valence-corrected chi connectivity index (χ4v) is 2.51. The van der Waals surface area contributed by atoms with Crippen molar-refractivity contribution in [2.45, 2.75) is 0 Å². The SMILES string of the molecule is COc1cc(OC)cc(C(=O)Nc2cc(N3CCOCC3)ncn2)c1. The largest absolute Gasteiger partial charge is 0.497 e. The van der Waals surface area contributed by atoms with Gasteiger partial charge in [-0.3, -0.25) is 4.79 Å². The van der Waals surface area contributed by atoms with Gasteiger partial charge in [-0.15, -0.1) is 0 Å². The van der Waals surface area contributed by atoms with Crippen LogP contribution in [-0.4, -0.2) is 56.4 Å². The van der Waals surface area contributed by atoms with Gasteiger partial charge in [0.2, 0.25) is 0 Å². The third-order valence-corrected chi connectivity index (χ3v) is 3.84. The molecule has 0 spiro atoms. The van der Waals surface area contributed by atoms with Crippen LogP contribution in [0.2, 0.25) is 0 Å². The number of hydrogen-bond acceptors (Lipinski definition) is 7. The van der Waals surface area contributed by atoms with Gasteiger partial charge in [0.1, 0.15) is 29.5 Å². The van der Waals surface area contributed by atoms with E-state index in [1.54, 1.807) is 24.3 Å². The Morgan fingerprint density at radius 1 is 1.08 bits per heavy atom. The van der Waals surface area contributed by atoms with Crippen LogP contribution in [0.25, 0.3) is 0 Å². The number of aromatic nitrogens is 2. The Labute approximate surface area is 145 Å². The van der Waals surface area contributed by atoms with Gasteiger partial charge in [-0.2, -0.15) is 0 Å². The molecule has 0 atom stereocenters. The summed E-state index contributed by atoms with van der Waals surface area (Å²) in [5, 5.41) is 2.78. The van der Waals surface area contributed by atoms with Crippen LogP contribution in [0.3, 0.4) is 0 Å². The lowest BCUT2D eigenvalue weighted by Crippen LogP contribution is -2.36. The number of carbonyl (C=O) groups is 1. The van der Waals surface area contributed by atoms with Crippen LogP contribution < -0.4 is 19.7 Å². The quantitative estimate of drug-likeness (QED) is 0.881. The summed E-state index contributed by atoms with van der Waals surface area (Å²) in [6, 6.07) is 6.74. The second kappa shape index (κ2) is 7.80. The number of rotatable bonds is 5. The van der Waals surface area contributed by atoms with E-state index < -0.39 is 0 Å². The first-order valence-corrected chi connectivity index (χ1v) is 7.89. The molecular formula is C17H20N4O4. The van der Waals surface area contributed by atoms with E-state index in [0.29, 0.717) is 36.1 Å². The highest BCUT2D eigenvalue weighted by molar-refractivity contribution is 6.04. The Balaban J connectivity index is 1.76. The molecule has 0 aliphatic carbocycles. The first kappa shape index (κ1) is 17.0. The predicted molar refractivity (Wildman–Crippen MR) is 92.6 cm³/mol. The normalized spacial score (nSPS) is 14.1. The third-order valence-electron chi connectivity index (χ3n) is 3.84. The van der Waals surface area contributed by atoms with Crippen molar-refractivity contribution in [3.05, 3.63) is 36.2 Å². The van der Waals surface area contributed by atoms with Gasteiger partial charge >= 0.3 is 0 Å². The molecule has 8 heteroatoms. The van der Waals surface area contributed by atoms with Crippen molar-refractivity contribution in [1.29, 1.82) is 0 Å². The minimum atomic E-state index is -0.302. The van der Waals surface area contributed by atoms with Crippen molar-refractivity contribution >= 4 is 17.5 Å². The minimum absolute atomic E-state index is 0.302. The summed E-state index contributed by atoms with van der Waals surface area (Å²) in [7, 11) is 3.07. The maximum Gasteiger partial charge on any atom is 0.257 e. The molecule has 2 heterocycles. The zero-order valence-corrected chi connectivity index (χ0v) is 14.2. The molecule has 1 saturated heterocycles. The molecule has 0 radical (unpaired) electrons. The molecule has 0 bridgehead atoms. The predicted octanol–water partition coefficient (Wildman–Crippen LogP) is 1.58. The summed E-state index contributed by atoms with van der Waals surface area (Å²) >= 11 is 0. The molecule has 2 aromatic rings. The van der Waals surface area contributed by atoms with Crippen molar-refractivity contribution in [3.8, 4) is 11.5 Å². The number of benzene rings is 1. The molecule has 1 aromatic heterocycles. The number of nitrogens with one attached hydrogen (secondary N) is 1. The molecule has 0 saturated carbocycles. The average molecular weight is 344 g/mol. The lowest BCUT2D eigenvalue weighted by atomic mass is 10.2. The van der Waals surface area contributed by atoms with Gasteiger partial charge in [0.25, 0.3) is 5.91 Å². The molecule has 1 aromatic carbocycles. The summed E-state index contributed by atoms with van der Waals surface area (Å²) in [5.74, 6) is 1.98. The fourth-order valence-electron chi connectivity index (χ4n) is 2.51. The number of hydrogen-bond donors (Lipinski definition) is 1. The summed E-state index contributed by atoms with van der Waals surface area (Å²) in [4.78, 5) is 23.0. The Hall–Kier alpha value is -2.87.